The minimum atomic E-state index is -1.54. The van der Waals surface area contributed by atoms with E-state index in [4.69, 9.17) is 14.2 Å². The van der Waals surface area contributed by atoms with Crippen molar-refractivity contribution in [2.24, 2.45) is 17.8 Å². The molecule has 1 saturated carbocycles. The van der Waals surface area contributed by atoms with Gasteiger partial charge in [0, 0.05) is 17.9 Å². The fourth-order valence-electron chi connectivity index (χ4n) is 5.20. The molecule has 2 aliphatic carbocycles. The van der Waals surface area contributed by atoms with Gasteiger partial charge in [-0.3, -0.25) is 0 Å². The lowest BCUT2D eigenvalue weighted by atomic mass is 9.80. The first-order chi connectivity index (χ1) is 14.1. The van der Waals surface area contributed by atoms with Crippen LogP contribution in [0.15, 0.2) is 35.6 Å². The van der Waals surface area contributed by atoms with E-state index in [2.05, 4.69) is 13.2 Å². The molecule has 3 fully saturated rings. The van der Waals surface area contributed by atoms with Crippen molar-refractivity contribution < 1.29 is 44.5 Å². The Morgan fingerprint density at radius 2 is 1.77 bits per heavy atom. The molecule has 0 unspecified atom stereocenters. The third-order valence-electron chi connectivity index (χ3n) is 6.91. The first-order valence-electron chi connectivity index (χ1n) is 10.1. The monoisotopic (exact) mass is 424 g/mol. The topological polar surface area (TPSA) is 146 Å². The highest BCUT2D eigenvalue weighted by molar-refractivity contribution is 5.91. The van der Waals surface area contributed by atoms with E-state index in [-0.39, 0.29) is 17.4 Å². The van der Waals surface area contributed by atoms with Crippen molar-refractivity contribution in [3.05, 3.63) is 35.6 Å². The Morgan fingerprint density at radius 3 is 2.43 bits per heavy atom. The third kappa shape index (κ3) is 3.21. The Bertz CT molecular complexity index is 787. The molecule has 0 aromatic carbocycles. The second-order valence-corrected chi connectivity index (χ2v) is 8.61. The van der Waals surface area contributed by atoms with Crippen LogP contribution >= 0.6 is 0 Å². The molecule has 4 aliphatic rings. The minimum absolute atomic E-state index is 0.145. The SMILES string of the molecule is C=C1C(=O)O[C@H]2[C@H]3C(C)=C(O[C@@H]4O[C@H](CO)[C@@H](O)[C@H](O)[C@H]4O)C[C@H]3C(=C)C[C@@H](O)[C@@H]12. The standard InChI is InChI=1S/C21H28O9/c1-7-4-11(23)15-9(3)20(27)30-19(15)14-8(2)12(5-10(7)14)28-21-18(26)17(25)16(24)13(6-22)29-21/h10-11,13-19,21-26H,1,3-6H2,2H3/t10-,11+,13+,14-,15+,16+,17-,18+,19-,21+/m0/s1. The van der Waals surface area contributed by atoms with E-state index in [1.165, 1.54) is 0 Å². The molecule has 0 aromatic rings. The number of ether oxygens (including phenoxy) is 3. The zero-order chi connectivity index (χ0) is 21.9. The van der Waals surface area contributed by atoms with Crippen LogP contribution in [-0.2, 0) is 19.0 Å². The van der Waals surface area contributed by atoms with E-state index in [9.17, 15) is 30.3 Å². The van der Waals surface area contributed by atoms with Crippen molar-refractivity contribution in [1.82, 2.24) is 0 Å². The van der Waals surface area contributed by atoms with Gasteiger partial charge >= 0.3 is 5.97 Å². The molecule has 2 aliphatic heterocycles. The summed E-state index contributed by atoms with van der Waals surface area (Å²) in [7, 11) is 0. The van der Waals surface area contributed by atoms with Crippen LogP contribution in [0.3, 0.4) is 0 Å². The van der Waals surface area contributed by atoms with Crippen molar-refractivity contribution in [2.45, 2.75) is 62.7 Å². The van der Waals surface area contributed by atoms with Crippen LogP contribution in [-0.4, -0.2) is 81.0 Å². The molecule has 10 atom stereocenters. The van der Waals surface area contributed by atoms with E-state index in [1.807, 2.05) is 6.92 Å². The van der Waals surface area contributed by atoms with E-state index in [1.54, 1.807) is 0 Å². The summed E-state index contributed by atoms with van der Waals surface area (Å²) in [5.74, 6) is -0.979. The molecule has 0 amide bonds. The van der Waals surface area contributed by atoms with Gasteiger partial charge in [-0.2, -0.15) is 0 Å². The van der Waals surface area contributed by atoms with Gasteiger partial charge < -0.3 is 39.7 Å². The molecule has 0 aromatic heterocycles. The molecule has 2 heterocycles. The van der Waals surface area contributed by atoms with Crippen molar-refractivity contribution in [3.63, 3.8) is 0 Å². The quantitative estimate of drug-likeness (QED) is 0.222. The summed E-state index contributed by atoms with van der Waals surface area (Å²) < 4.78 is 16.9. The predicted molar refractivity (Wildman–Crippen MR) is 101 cm³/mol. The van der Waals surface area contributed by atoms with Gasteiger partial charge in [-0.25, -0.2) is 4.79 Å². The van der Waals surface area contributed by atoms with Crippen LogP contribution < -0.4 is 0 Å². The normalized spacial score (nSPS) is 46.4. The Morgan fingerprint density at radius 1 is 1.07 bits per heavy atom. The molecule has 0 spiro atoms. The summed E-state index contributed by atoms with van der Waals surface area (Å²) in [6.07, 6.45) is -7.60. The van der Waals surface area contributed by atoms with Gasteiger partial charge in [0.2, 0.25) is 6.29 Å². The van der Waals surface area contributed by atoms with Gasteiger partial charge in [0.25, 0.3) is 0 Å². The lowest BCUT2D eigenvalue weighted by molar-refractivity contribution is -0.292. The molecular weight excluding hydrogens is 396 g/mol. The van der Waals surface area contributed by atoms with E-state index >= 15 is 0 Å². The number of hydrogen-bond donors (Lipinski definition) is 5. The molecular formula is C21H28O9. The van der Waals surface area contributed by atoms with Crippen molar-refractivity contribution in [2.75, 3.05) is 6.61 Å². The van der Waals surface area contributed by atoms with Crippen molar-refractivity contribution in [3.8, 4) is 0 Å². The largest absolute Gasteiger partial charge is 0.466 e. The summed E-state index contributed by atoms with van der Waals surface area (Å²) in [5.41, 5.74) is 1.82. The van der Waals surface area contributed by atoms with Gasteiger partial charge in [0.05, 0.1) is 24.4 Å². The fourth-order valence-corrected chi connectivity index (χ4v) is 5.20. The first kappa shape index (κ1) is 21.5. The van der Waals surface area contributed by atoms with Gasteiger partial charge in [-0.05, 0) is 24.8 Å². The molecule has 4 rings (SSSR count). The predicted octanol–water partition coefficient (Wildman–Crippen LogP) is -0.868. The fraction of sp³-hybridized carbons (Fsp3) is 0.667. The molecule has 9 nitrogen and oxygen atoms in total. The molecule has 0 bridgehead atoms. The number of fused-ring (bicyclic) bond motifs is 3. The second kappa shape index (κ2) is 7.74. The lowest BCUT2D eigenvalue weighted by Crippen LogP contribution is -2.59. The maximum absolute atomic E-state index is 12.1. The number of allylic oxidation sites excluding steroid dienone is 1. The molecule has 166 valence electrons. The van der Waals surface area contributed by atoms with Crippen LogP contribution in [0.25, 0.3) is 0 Å². The van der Waals surface area contributed by atoms with E-state index < -0.39 is 61.4 Å². The number of rotatable bonds is 3. The average Bonchev–Trinajstić information content (AvgIpc) is 3.15. The van der Waals surface area contributed by atoms with Gasteiger partial charge in [-0.1, -0.05) is 18.7 Å². The average molecular weight is 424 g/mol. The van der Waals surface area contributed by atoms with Crippen molar-refractivity contribution >= 4 is 5.97 Å². The summed E-state index contributed by atoms with van der Waals surface area (Å²) in [6.45, 7) is 9.18. The highest BCUT2D eigenvalue weighted by Crippen LogP contribution is 2.52. The Kier molecular flexibility index (Phi) is 5.54. The Labute approximate surface area is 173 Å². The minimum Gasteiger partial charge on any atom is -0.466 e. The van der Waals surface area contributed by atoms with Crippen LogP contribution in [0.5, 0.6) is 0 Å². The molecule has 9 heteroatoms. The van der Waals surface area contributed by atoms with E-state index in [0.717, 1.165) is 11.1 Å². The number of aliphatic hydroxyl groups excluding tert-OH is 5. The van der Waals surface area contributed by atoms with Crippen LogP contribution in [0.4, 0.5) is 0 Å². The zero-order valence-electron chi connectivity index (χ0n) is 16.7. The highest BCUT2D eigenvalue weighted by atomic mass is 16.7. The van der Waals surface area contributed by atoms with Crippen LogP contribution in [0.1, 0.15) is 19.8 Å². The molecule has 30 heavy (non-hydrogen) atoms. The number of aliphatic hydroxyl groups is 5. The number of carbonyl (C=O) groups is 1. The first-order valence-corrected chi connectivity index (χ1v) is 10.1. The number of esters is 1. The van der Waals surface area contributed by atoms with Gasteiger partial charge in [-0.15, -0.1) is 0 Å². The molecule has 0 radical (unpaired) electrons. The van der Waals surface area contributed by atoms with Crippen molar-refractivity contribution in [1.29, 1.82) is 0 Å². The highest BCUT2D eigenvalue weighted by Gasteiger charge is 2.55. The maximum atomic E-state index is 12.1. The molecule has 5 N–H and O–H groups in total. The smallest absolute Gasteiger partial charge is 0.334 e. The Balaban J connectivity index is 1.61. The summed E-state index contributed by atoms with van der Waals surface area (Å²) in [4.78, 5) is 12.1. The maximum Gasteiger partial charge on any atom is 0.334 e. The summed E-state index contributed by atoms with van der Waals surface area (Å²) in [6, 6.07) is 0. The number of hydrogen-bond acceptors (Lipinski definition) is 9. The van der Waals surface area contributed by atoms with Gasteiger partial charge in [0.1, 0.15) is 30.5 Å². The van der Waals surface area contributed by atoms with Crippen LogP contribution in [0.2, 0.25) is 0 Å². The summed E-state index contributed by atoms with van der Waals surface area (Å²) >= 11 is 0. The van der Waals surface area contributed by atoms with Gasteiger partial charge in [0.15, 0.2) is 0 Å². The lowest BCUT2D eigenvalue weighted by Gasteiger charge is -2.40. The summed E-state index contributed by atoms with van der Waals surface area (Å²) in [5, 5.41) is 50.2. The third-order valence-corrected chi connectivity index (χ3v) is 6.91. The molecule has 2 saturated heterocycles. The Hall–Kier alpha value is -1.75. The zero-order valence-corrected chi connectivity index (χ0v) is 16.7. The number of carbonyl (C=O) groups excluding carboxylic acids is 1. The van der Waals surface area contributed by atoms with E-state index in [0.29, 0.717) is 18.6 Å². The van der Waals surface area contributed by atoms with Crippen LogP contribution in [0, 0.1) is 17.8 Å². The second-order valence-electron chi connectivity index (χ2n) is 8.61.